The third-order valence-electron chi connectivity index (χ3n) is 2.25. The number of carbonyl (C=O) groups is 2. The Morgan fingerprint density at radius 2 is 1.81 bits per heavy atom. The Labute approximate surface area is 124 Å². The second-order valence-corrected chi connectivity index (χ2v) is 5.33. The standard InChI is InChI=1S/C16H21NO4/c1-5-20-14(18)11-8-12-6-9-13(10-7-12)17-15(19)21-16(2,3)4/h6-11H,5H2,1-4H3,(H,17,19). The van der Waals surface area contributed by atoms with Gasteiger partial charge in [-0.05, 0) is 51.5 Å². The summed E-state index contributed by atoms with van der Waals surface area (Å²) in [6.45, 7) is 7.51. The van der Waals surface area contributed by atoms with Crippen molar-refractivity contribution in [3.8, 4) is 0 Å². The molecule has 0 heterocycles. The minimum atomic E-state index is -0.535. The molecule has 5 heteroatoms. The quantitative estimate of drug-likeness (QED) is 0.680. The predicted molar refractivity (Wildman–Crippen MR) is 82.0 cm³/mol. The molecular formula is C16H21NO4. The number of hydrogen-bond acceptors (Lipinski definition) is 4. The molecule has 1 N–H and O–H groups in total. The second kappa shape index (κ2) is 7.47. The van der Waals surface area contributed by atoms with Crippen LogP contribution in [0.4, 0.5) is 10.5 Å². The maximum absolute atomic E-state index is 11.6. The van der Waals surface area contributed by atoms with E-state index in [1.54, 1.807) is 58.0 Å². The molecule has 0 radical (unpaired) electrons. The zero-order valence-electron chi connectivity index (χ0n) is 12.8. The smallest absolute Gasteiger partial charge is 0.412 e. The van der Waals surface area contributed by atoms with E-state index >= 15 is 0 Å². The van der Waals surface area contributed by atoms with Crippen molar-refractivity contribution in [3.05, 3.63) is 35.9 Å². The number of nitrogens with one attached hydrogen (secondary N) is 1. The van der Waals surface area contributed by atoms with Crippen LogP contribution in [0.5, 0.6) is 0 Å². The normalized spacial score (nSPS) is 11.2. The Balaban J connectivity index is 2.58. The number of amides is 1. The molecule has 1 aromatic rings. The molecule has 21 heavy (non-hydrogen) atoms. The fourth-order valence-electron chi connectivity index (χ4n) is 1.45. The van der Waals surface area contributed by atoms with Gasteiger partial charge in [0.15, 0.2) is 0 Å². The third-order valence-corrected chi connectivity index (χ3v) is 2.25. The van der Waals surface area contributed by atoms with E-state index in [9.17, 15) is 9.59 Å². The van der Waals surface area contributed by atoms with E-state index in [4.69, 9.17) is 9.47 Å². The van der Waals surface area contributed by atoms with Gasteiger partial charge < -0.3 is 9.47 Å². The highest BCUT2D eigenvalue weighted by molar-refractivity contribution is 5.87. The van der Waals surface area contributed by atoms with Gasteiger partial charge in [-0.3, -0.25) is 5.32 Å². The van der Waals surface area contributed by atoms with Crippen molar-refractivity contribution in [1.29, 1.82) is 0 Å². The molecule has 0 bridgehead atoms. The SMILES string of the molecule is CCOC(=O)C=Cc1ccc(NC(=O)OC(C)(C)C)cc1. The van der Waals surface area contributed by atoms with Gasteiger partial charge >= 0.3 is 12.1 Å². The lowest BCUT2D eigenvalue weighted by atomic mass is 10.2. The van der Waals surface area contributed by atoms with Gasteiger partial charge in [0.2, 0.25) is 0 Å². The van der Waals surface area contributed by atoms with Crippen LogP contribution in [0.3, 0.4) is 0 Å². The van der Waals surface area contributed by atoms with Gasteiger partial charge in [-0.25, -0.2) is 9.59 Å². The highest BCUT2D eigenvalue weighted by atomic mass is 16.6. The van der Waals surface area contributed by atoms with E-state index in [2.05, 4.69) is 5.32 Å². The number of anilines is 1. The van der Waals surface area contributed by atoms with Crippen molar-refractivity contribution in [2.45, 2.75) is 33.3 Å². The molecule has 0 saturated carbocycles. The first-order chi connectivity index (χ1) is 9.80. The summed E-state index contributed by atoms with van der Waals surface area (Å²) in [5.74, 6) is -0.381. The molecular weight excluding hydrogens is 270 g/mol. The Morgan fingerprint density at radius 3 is 2.33 bits per heavy atom. The van der Waals surface area contributed by atoms with Gasteiger partial charge in [-0.2, -0.15) is 0 Å². The Morgan fingerprint density at radius 1 is 1.19 bits per heavy atom. The Hall–Kier alpha value is -2.30. The van der Waals surface area contributed by atoms with Crippen LogP contribution in [0.25, 0.3) is 6.08 Å². The molecule has 1 rings (SSSR count). The molecule has 1 amide bonds. The summed E-state index contributed by atoms with van der Waals surface area (Å²) in [4.78, 5) is 22.8. The lowest BCUT2D eigenvalue weighted by Gasteiger charge is -2.19. The zero-order chi connectivity index (χ0) is 15.9. The Kier molecular flexibility index (Phi) is 5.96. The average Bonchev–Trinajstić information content (AvgIpc) is 2.36. The van der Waals surface area contributed by atoms with E-state index in [-0.39, 0.29) is 5.97 Å². The van der Waals surface area contributed by atoms with Gasteiger partial charge in [0, 0.05) is 11.8 Å². The maximum atomic E-state index is 11.6. The van der Waals surface area contributed by atoms with Crippen molar-refractivity contribution < 1.29 is 19.1 Å². The molecule has 0 aliphatic heterocycles. The molecule has 0 saturated heterocycles. The molecule has 0 aliphatic carbocycles. The molecule has 5 nitrogen and oxygen atoms in total. The zero-order valence-corrected chi connectivity index (χ0v) is 12.8. The minimum Gasteiger partial charge on any atom is -0.463 e. The lowest BCUT2D eigenvalue weighted by molar-refractivity contribution is -0.137. The predicted octanol–water partition coefficient (Wildman–Crippen LogP) is 3.61. The number of ether oxygens (including phenoxy) is 2. The van der Waals surface area contributed by atoms with Crippen LogP contribution in [0.2, 0.25) is 0 Å². The first kappa shape index (κ1) is 16.8. The van der Waals surface area contributed by atoms with Crippen LogP contribution in [-0.4, -0.2) is 24.3 Å². The molecule has 0 aromatic heterocycles. The van der Waals surface area contributed by atoms with Crippen molar-refractivity contribution >= 4 is 23.8 Å². The molecule has 0 aliphatic rings. The number of benzene rings is 1. The summed E-state index contributed by atoms with van der Waals surface area (Å²) in [5, 5.41) is 2.63. The number of rotatable bonds is 4. The molecule has 0 unspecified atom stereocenters. The van der Waals surface area contributed by atoms with Gasteiger partial charge in [0.25, 0.3) is 0 Å². The van der Waals surface area contributed by atoms with Gasteiger partial charge in [0.1, 0.15) is 5.60 Å². The largest absolute Gasteiger partial charge is 0.463 e. The molecule has 1 aromatic carbocycles. The van der Waals surface area contributed by atoms with Crippen LogP contribution in [0, 0.1) is 0 Å². The topological polar surface area (TPSA) is 64.6 Å². The fraction of sp³-hybridized carbons (Fsp3) is 0.375. The van der Waals surface area contributed by atoms with Crippen LogP contribution < -0.4 is 5.32 Å². The number of esters is 1. The molecule has 0 fully saturated rings. The number of carbonyl (C=O) groups excluding carboxylic acids is 2. The van der Waals surface area contributed by atoms with Crippen LogP contribution in [-0.2, 0) is 14.3 Å². The molecule has 114 valence electrons. The van der Waals surface area contributed by atoms with Crippen molar-refractivity contribution in [1.82, 2.24) is 0 Å². The summed E-state index contributed by atoms with van der Waals surface area (Å²) in [5.41, 5.74) is 0.919. The first-order valence-corrected chi connectivity index (χ1v) is 6.75. The summed E-state index contributed by atoms with van der Waals surface area (Å²) in [7, 11) is 0. The van der Waals surface area contributed by atoms with Crippen LogP contribution in [0.1, 0.15) is 33.3 Å². The van der Waals surface area contributed by atoms with E-state index in [1.165, 1.54) is 6.08 Å². The van der Waals surface area contributed by atoms with Gasteiger partial charge in [0.05, 0.1) is 6.61 Å². The van der Waals surface area contributed by atoms with E-state index in [0.717, 1.165) is 5.56 Å². The van der Waals surface area contributed by atoms with Crippen molar-refractivity contribution in [2.24, 2.45) is 0 Å². The van der Waals surface area contributed by atoms with Crippen molar-refractivity contribution in [2.75, 3.05) is 11.9 Å². The van der Waals surface area contributed by atoms with Crippen LogP contribution >= 0.6 is 0 Å². The maximum Gasteiger partial charge on any atom is 0.412 e. The first-order valence-electron chi connectivity index (χ1n) is 6.75. The van der Waals surface area contributed by atoms with Gasteiger partial charge in [-0.15, -0.1) is 0 Å². The fourth-order valence-corrected chi connectivity index (χ4v) is 1.45. The third kappa shape index (κ3) is 7.15. The molecule has 0 atom stereocenters. The van der Waals surface area contributed by atoms with E-state index in [1.807, 2.05) is 0 Å². The summed E-state index contributed by atoms with van der Waals surface area (Å²) in [6.07, 6.45) is 2.51. The summed E-state index contributed by atoms with van der Waals surface area (Å²) >= 11 is 0. The highest BCUT2D eigenvalue weighted by Gasteiger charge is 2.15. The van der Waals surface area contributed by atoms with Crippen molar-refractivity contribution in [3.63, 3.8) is 0 Å². The van der Waals surface area contributed by atoms with Crippen LogP contribution in [0.15, 0.2) is 30.3 Å². The minimum absolute atomic E-state index is 0.349. The number of hydrogen-bond donors (Lipinski definition) is 1. The molecule has 0 spiro atoms. The van der Waals surface area contributed by atoms with E-state index < -0.39 is 11.7 Å². The highest BCUT2D eigenvalue weighted by Crippen LogP contribution is 2.13. The monoisotopic (exact) mass is 291 g/mol. The lowest BCUT2D eigenvalue weighted by Crippen LogP contribution is -2.27. The second-order valence-electron chi connectivity index (χ2n) is 5.33. The average molecular weight is 291 g/mol. The summed E-state index contributed by atoms with van der Waals surface area (Å²) < 4.78 is 9.94. The summed E-state index contributed by atoms with van der Waals surface area (Å²) in [6, 6.07) is 7.02. The van der Waals surface area contributed by atoms with Gasteiger partial charge in [-0.1, -0.05) is 12.1 Å². The van der Waals surface area contributed by atoms with E-state index in [0.29, 0.717) is 12.3 Å². The Bertz CT molecular complexity index is 512.